The van der Waals surface area contributed by atoms with Crippen molar-refractivity contribution >= 4 is 21.8 Å². The van der Waals surface area contributed by atoms with Crippen LogP contribution in [0.3, 0.4) is 0 Å². The summed E-state index contributed by atoms with van der Waals surface area (Å²) >= 11 is 0. The van der Waals surface area contributed by atoms with Crippen molar-refractivity contribution in [3.05, 3.63) is 46.8 Å². The number of esters is 1. The Balaban J connectivity index is 1.58. The topological polar surface area (TPSA) is 107 Å². The molecule has 8 nitrogen and oxygen atoms in total. The van der Waals surface area contributed by atoms with Gasteiger partial charge in [-0.25, -0.2) is 8.42 Å². The van der Waals surface area contributed by atoms with E-state index in [1.807, 2.05) is 0 Å². The van der Waals surface area contributed by atoms with E-state index in [2.05, 4.69) is 5.16 Å². The Morgan fingerprint density at radius 3 is 2.36 bits per heavy atom. The molecule has 1 aromatic carbocycles. The Hall–Kier alpha value is -2.52. The van der Waals surface area contributed by atoms with Gasteiger partial charge in [-0.1, -0.05) is 5.16 Å². The molecule has 0 amide bonds. The van der Waals surface area contributed by atoms with E-state index >= 15 is 0 Å². The number of sulfonamides is 1. The van der Waals surface area contributed by atoms with Crippen molar-refractivity contribution in [3.63, 3.8) is 0 Å². The number of hydrogen-bond acceptors (Lipinski definition) is 7. The number of nitrogens with zero attached hydrogens (tertiary/aromatic N) is 2. The maximum atomic E-state index is 12.5. The fourth-order valence-corrected chi connectivity index (χ4v) is 4.59. The molecule has 0 N–H and O–H groups in total. The van der Waals surface area contributed by atoms with Crippen molar-refractivity contribution in [2.75, 3.05) is 19.7 Å². The van der Waals surface area contributed by atoms with Gasteiger partial charge in [-0.2, -0.15) is 4.31 Å². The van der Waals surface area contributed by atoms with Crippen LogP contribution in [0.25, 0.3) is 0 Å². The number of aromatic nitrogens is 1. The minimum absolute atomic E-state index is 0.0263. The molecule has 1 fully saturated rings. The maximum Gasteiger partial charge on any atom is 0.310 e. The summed E-state index contributed by atoms with van der Waals surface area (Å²) in [5, 5.41) is 3.77. The zero-order valence-corrected chi connectivity index (χ0v) is 16.6. The zero-order chi connectivity index (χ0) is 20.3. The van der Waals surface area contributed by atoms with E-state index in [1.54, 1.807) is 13.8 Å². The number of aryl methyl sites for hydroxylation is 2. The summed E-state index contributed by atoms with van der Waals surface area (Å²) in [5.74, 6) is -0.427. The van der Waals surface area contributed by atoms with Crippen LogP contribution in [0, 0.1) is 13.8 Å². The highest BCUT2D eigenvalue weighted by atomic mass is 32.2. The van der Waals surface area contributed by atoms with Crippen LogP contribution in [-0.2, 0) is 26.0 Å². The second-order valence-electron chi connectivity index (χ2n) is 6.70. The van der Waals surface area contributed by atoms with Crippen LogP contribution in [0.5, 0.6) is 0 Å². The molecule has 1 aliphatic heterocycles. The molecule has 150 valence electrons. The quantitative estimate of drug-likeness (QED) is 0.511. The first-order valence-electron chi connectivity index (χ1n) is 9.00. The lowest BCUT2D eigenvalue weighted by Gasteiger charge is -2.15. The van der Waals surface area contributed by atoms with Crippen LogP contribution in [0.1, 0.15) is 40.2 Å². The molecule has 0 atom stereocenters. The molecule has 3 rings (SSSR count). The molecule has 9 heteroatoms. The predicted octanol–water partition coefficient (Wildman–Crippen LogP) is 2.04. The fourth-order valence-electron chi connectivity index (χ4n) is 3.07. The molecule has 0 aliphatic carbocycles. The number of ketones is 1. The molecule has 2 aromatic rings. The minimum Gasteiger partial charge on any atom is -0.457 e. The summed E-state index contributed by atoms with van der Waals surface area (Å²) < 4.78 is 36.5. The van der Waals surface area contributed by atoms with Gasteiger partial charge in [-0.3, -0.25) is 9.59 Å². The van der Waals surface area contributed by atoms with Gasteiger partial charge < -0.3 is 9.26 Å². The van der Waals surface area contributed by atoms with Crippen LogP contribution >= 0.6 is 0 Å². The highest BCUT2D eigenvalue weighted by molar-refractivity contribution is 7.89. The molecule has 1 saturated heterocycles. The monoisotopic (exact) mass is 406 g/mol. The van der Waals surface area contributed by atoms with Crippen LogP contribution in [0.4, 0.5) is 0 Å². The first-order chi connectivity index (χ1) is 13.3. The first kappa shape index (κ1) is 20.2. The normalized spacial score (nSPS) is 14.9. The van der Waals surface area contributed by atoms with Crippen molar-refractivity contribution in [1.82, 2.24) is 9.46 Å². The lowest BCUT2D eigenvalue weighted by Crippen LogP contribution is -2.27. The Morgan fingerprint density at radius 2 is 1.79 bits per heavy atom. The number of carbonyl (C=O) groups excluding carboxylic acids is 2. The van der Waals surface area contributed by atoms with E-state index in [0.29, 0.717) is 30.1 Å². The molecular weight excluding hydrogens is 384 g/mol. The average Bonchev–Trinajstić information content (AvgIpc) is 3.33. The van der Waals surface area contributed by atoms with Crippen molar-refractivity contribution < 1.29 is 27.3 Å². The number of ether oxygens (including phenoxy) is 1. The molecule has 1 aromatic heterocycles. The molecule has 0 radical (unpaired) electrons. The van der Waals surface area contributed by atoms with Crippen molar-refractivity contribution in [2.45, 2.75) is 38.0 Å². The second-order valence-corrected chi connectivity index (χ2v) is 8.64. The van der Waals surface area contributed by atoms with E-state index in [9.17, 15) is 18.0 Å². The molecule has 1 aliphatic rings. The van der Waals surface area contributed by atoms with Gasteiger partial charge in [0.15, 0.2) is 12.4 Å². The van der Waals surface area contributed by atoms with Crippen molar-refractivity contribution in [3.8, 4) is 0 Å². The third-order valence-electron chi connectivity index (χ3n) is 4.75. The summed E-state index contributed by atoms with van der Waals surface area (Å²) in [6, 6.07) is 5.69. The summed E-state index contributed by atoms with van der Waals surface area (Å²) in [6.45, 7) is 4.04. The highest BCUT2D eigenvalue weighted by Crippen LogP contribution is 2.21. The second kappa shape index (κ2) is 8.24. The SMILES string of the molecule is Cc1noc(C)c1CC(=O)OCC(=O)c1ccc(S(=O)(=O)N2CCCC2)cc1. The first-order valence-corrected chi connectivity index (χ1v) is 10.4. The average molecular weight is 406 g/mol. The van der Waals surface area contributed by atoms with Crippen LogP contribution in [0.15, 0.2) is 33.7 Å². The van der Waals surface area contributed by atoms with Gasteiger partial charge in [-0.15, -0.1) is 0 Å². The lowest BCUT2D eigenvalue weighted by atomic mass is 10.1. The smallest absolute Gasteiger partial charge is 0.310 e. The molecular formula is C19H22N2O6S. The Bertz CT molecular complexity index is 953. The number of Topliss-reactive ketones (excluding diaryl/α,β-unsaturated/α-hetero) is 1. The van der Waals surface area contributed by atoms with Gasteiger partial charge in [0, 0.05) is 24.2 Å². The van der Waals surface area contributed by atoms with E-state index in [1.165, 1.54) is 28.6 Å². The van der Waals surface area contributed by atoms with Crippen LogP contribution in [-0.4, -0.2) is 49.3 Å². The number of benzene rings is 1. The summed E-state index contributed by atoms with van der Waals surface area (Å²) in [7, 11) is -3.52. The lowest BCUT2D eigenvalue weighted by molar-refractivity contribution is -0.141. The van der Waals surface area contributed by atoms with Crippen molar-refractivity contribution in [1.29, 1.82) is 0 Å². The van der Waals surface area contributed by atoms with Gasteiger partial charge in [0.25, 0.3) is 0 Å². The Morgan fingerprint density at radius 1 is 1.14 bits per heavy atom. The predicted molar refractivity (Wildman–Crippen MR) is 99.4 cm³/mol. The molecule has 0 saturated carbocycles. The summed E-state index contributed by atoms with van der Waals surface area (Å²) in [5.41, 5.74) is 1.54. The number of carbonyl (C=O) groups is 2. The third kappa shape index (κ3) is 4.31. The van der Waals surface area contributed by atoms with Crippen molar-refractivity contribution in [2.24, 2.45) is 0 Å². The van der Waals surface area contributed by atoms with E-state index in [-0.39, 0.29) is 16.9 Å². The number of hydrogen-bond donors (Lipinski definition) is 0. The molecule has 0 bridgehead atoms. The standard InChI is InChI=1S/C19H22N2O6S/c1-13-17(14(2)27-20-13)11-19(23)26-12-18(22)15-5-7-16(8-6-15)28(24,25)21-9-3-4-10-21/h5-8H,3-4,9-12H2,1-2H3. The minimum atomic E-state index is -3.52. The Labute approximate surface area is 163 Å². The van der Waals surface area contributed by atoms with Crippen LogP contribution in [0.2, 0.25) is 0 Å². The highest BCUT2D eigenvalue weighted by Gasteiger charge is 2.27. The Kier molecular flexibility index (Phi) is 5.95. The molecule has 2 heterocycles. The van der Waals surface area contributed by atoms with Gasteiger partial charge in [0.2, 0.25) is 10.0 Å². The summed E-state index contributed by atoms with van der Waals surface area (Å²) in [4.78, 5) is 24.3. The van der Waals surface area contributed by atoms with Gasteiger partial charge in [0.05, 0.1) is 17.0 Å². The molecule has 28 heavy (non-hydrogen) atoms. The zero-order valence-electron chi connectivity index (χ0n) is 15.8. The largest absolute Gasteiger partial charge is 0.457 e. The molecule has 0 spiro atoms. The van der Waals surface area contributed by atoms with Gasteiger partial charge in [0.1, 0.15) is 5.76 Å². The van der Waals surface area contributed by atoms with E-state index < -0.39 is 28.4 Å². The van der Waals surface area contributed by atoms with E-state index in [4.69, 9.17) is 9.26 Å². The molecule has 0 unspecified atom stereocenters. The summed E-state index contributed by atoms with van der Waals surface area (Å²) in [6.07, 6.45) is 1.69. The fraction of sp³-hybridized carbons (Fsp3) is 0.421. The van der Waals surface area contributed by atoms with Gasteiger partial charge in [-0.05, 0) is 51.0 Å². The van der Waals surface area contributed by atoms with Gasteiger partial charge >= 0.3 is 5.97 Å². The van der Waals surface area contributed by atoms with Crippen LogP contribution < -0.4 is 0 Å². The third-order valence-corrected chi connectivity index (χ3v) is 6.66. The number of rotatable bonds is 7. The maximum absolute atomic E-state index is 12.5. The van der Waals surface area contributed by atoms with E-state index in [0.717, 1.165) is 12.8 Å².